The molecular weight excluding hydrogens is 553 g/mol. The largest absolute Gasteiger partial charge is 0.490 e. The van der Waals surface area contributed by atoms with Gasteiger partial charge in [0.25, 0.3) is 0 Å². The first kappa shape index (κ1) is 29.5. The quantitative estimate of drug-likeness (QED) is 0.412. The van der Waals surface area contributed by atoms with Crippen molar-refractivity contribution in [3.05, 3.63) is 59.1 Å². The standard InChI is InChI=1S/C26H27ClN2O4.C2HF3O2/c1-3-28-23(30)20-21(24(28)31)26(25(32)33-2)13-4-5-14-29(26)22(20)17-11-9-16(10-12-17)18-7-6-8-19(27)15-18;3-2(4,5)1(6)7/h6-12,15,20-22H,3-5,13-14H2,1-2H3;(H,6,7)/t20?,21?,22?,26-;/m0./s1. The number of carboxylic acid groups (broad SMARTS) is 1. The number of fused-ring (bicyclic) bond motifs is 3. The molecule has 12 heteroatoms. The van der Waals surface area contributed by atoms with Crippen molar-refractivity contribution in [2.24, 2.45) is 11.8 Å². The van der Waals surface area contributed by atoms with E-state index in [1.54, 1.807) is 6.92 Å². The Balaban J connectivity index is 0.000000470. The summed E-state index contributed by atoms with van der Waals surface area (Å²) < 4.78 is 37.0. The highest BCUT2D eigenvalue weighted by molar-refractivity contribution is 6.30. The van der Waals surface area contributed by atoms with Gasteiger partial charge in [-0.25, -0.2) is 4.79 Å². The van der Waals surface area contributed by atoms with Crippen molar-refractivity contribution in [1.29, 1.82) is 0 Å². The van der Waals surface area contributed by atoms with Crippen LogP contribution < -0.4 is 0 Å². The summed E-state index contributed by atoms with van der Waals surface area (Å²) in [6, 6.07) is 15.3. The highest BCUT2D eigenvalue weighted by Crippen LogP contribution is 2.58. The van der Waals surface area contributed by atoms with Crippen molar-refractivity contribution in [3.63, 3.8) is 0 Å². The van der Waals surface area contributed by atoms with Gasteiger partial charge in [0.2, 0.25) is 11.8 Å². The van der Waals surface area contributed by atoms with Crippen LogP contribution in [0.15, 0.2) is 48.5 Å². The molecule has 8 nitrogen and oxygen atoms in total. The molecule has 3 heterocycles. The summed E-state index contributed by atoms with van der Waals surface area (Å²) in [5.74, 6) is -4.90. The van der Waals surface area contributed by atoms with Crippen molar-refractivity contribution in [3.8, 4) is 11.1 Å². The molecule has 1 N–H and O–H groups in total. The minimum Gasteiger partial charge on any atom is -0.475 e. The maximum Gasteiger partial charge on any atom is 0.490 e. The maximum atomic E-state index is 13.4. The van der Waals surface area contributed by atoms with Crippen LogP contribution in [0.4, 0.5) is 13.2 Å². The zero-order valence-corrected chi connectivity index (χ0v) is 22.5. The Hall–Kier alpha value is -3.44. The molecule has 40 heavy (non-hydrogen) atoms. The van der Waals surface area contributed by atoms with Gasteiger partial charge in [-0.1, -0.05) is 48.0 Å². The van der Waals surface area contributed by atoms with Crippen LogP contribution in [0.3, 0.4) is 0 Å². The highest BCUT2D eigenvalue weighted by atomic mass is 35.5. The van der Waals surface area contributed by atoms with Crippen LogP contribution in [0.2, 0.25) is 5.02 Å². The fourth-order valence-corrected chi connectivity index (χ4v) is 6.46. The number of benzene rings is 2. The van der Waals surface area contributed by atoms with E-state index >= 15 is 0 Å². The number of carbonyl (C=O) groups excluding carboxylic acids is 3. The third-order valence-electron chi connectivity index (χ3n) is 7.86. The summed E-state index contributed by atoms with van der Waals surface area (Å²) >= 11 is 6.16. The van der Waals surface area contributed by atoms with Gasteiger partial charge in [0, 0.05) is 17.6 Å². The average molecular weight is 581 g/mol. The van der Waals surface area contributed by atoms with Gasteiger partial charge in [-0.05, 0) is 61.6 Å². The molecule has 3 aliphatic rings. The Morgan fingerprint density at radius 2 is 1.73 bits per heavy atom. The molecule has 3 aliphatic heterocycles. The van der Waals surface area contributed by atoms with E-state index in [-0.39, 0.29) is 17.9 Å². The number of nitrogens with zero attached hydrogens (tertiary/aromatic N) is 2. The van der Waals surface area contributed by atoms with Crippen LogP contribution in [0, 0.1) is 11.8 Å². The van der Waals surface area contributed by atoms with Gasteiger partial charge < -0.3 is 9.84 Å². The lowest BCUT2D eigenvalue weighted by Gasteiger charge is -2.44. The lowest BCUT2D eigenvalue weighted by atomic mass is 9.75. The zero-order chi connectivity index (χ0) is 29.4. The topological polar surface area (TPSA) is 104 Å². The second-order valence-corrected chi connectivity index (χ2v) is 10.3. The summed E-state index contributed by atoms with van der Waals surface area (Å²) in [7, 11) is 1.37. The van der Waals surface area contributed by atoms with E-state index in [0.29, 0.717) is 24.5 Å². The summed E-state index contributed by atoms with van der Waals surface area (Å²) in [5.41, 5.74) is 1.86. The number of aliphatic carboxylic acids is 1. The first-order valence-corrected chi connectivity index (χ1v) is 13.1. The Morgan fingerprint density at radius 3 is 2.27 bits per heavy atom. The van der Waals surface area contributed by atoms with E-state index in [4.69, 9.17) is 26.2 Å². The Labute approximate surface area is 233 Å². The van der Waals surface area contributed by atoms with Crippen LogP contribution in [0.5, 0.6) is 0 Å². The number of carbonyl (C=O) groups is 4. The number of methoxy groups -OCH3 is 1. The van der Waals surface area contributed by atoms with E-state index < -0.39 is 35.5 Å². The fourth-order valence-electron chi connectivity index (χ4n) is 6.27. The number of rotatable bonds is 4. The van der Waals surface area contributed by atoms with Crippen molar-refractivity contribution in [1.82, 2.24) is 9.80 Å². The van der Waals surface area contributed by atoms with Gasteiger partial charge in [-0.3, -0.25) is 24.2 Å². The number of likely N-dealkylation sites (tertiary alicyclic amines) is 1. The van der Waals surface area contributed by atoms with Crippen molar-refractivity contribution >= 4 is 35.4 Å². The number of ether oxygens (including phenoxy) is 1. The van der Waals surface area contributed by atoms with Crippen LogP contribution in [-0.4, -0.2) is 70.6 Å². The van der Waals surface area contributed by atoms with Gasteiger partial charge in [0.05, 0.1) is 18.9 Å². The third kappa shape index (κ3) is 4.96. The summed E-state index contributed by atoms with van der Waals surface area (Å²) in [6.45, 7) is 2.76. The van der Waals surface area contributed by atoms with E-state index in [0.717, 1.165) is 29.5 Å². The number of hydrogen-bond acceptors (Lipinski definition) is 6. The molecule has 3 unspecified atom stereocenters. The molecule has 0 bridgehead atoms. The number of halogens is 4. The number of carboxylic acids is 1. The molecule has 2 aromatic carbocycles. The summed E-state index contributed by atoms with van der Waals surface area (Å²) in [6.07, 6.45) is -2.83. The van der Waals surface area contributed by atoms with E-state index in [9.17, 15) is 27.6 Å². The third-order valence-corrected chi connectivity index (χ3v) is 8.10. The van der Waals surface area contributed by atoms with Crippen molar-refractivity contribution in [2.75, 3.05) is 20.2 Å². The molecule has 0 saturated carbocycles. The minimum absolute atomic E-state index is 0.186. The van der Waals surface area contributed by atoms with Gasteiger partial charge in [0.1, 0.15) is 5.54 Å². The minimum atomic E-state index is -5.08. The molecule has 0 spiro atoms. The van der Waals surface area contributed by atoms with E-state index in [1.807, 2.05) is 48.5 Å². The predicted octanol–water partition coefficient (Wildman–Crippen LogP) is 4.71. The molecule has 4 atom stereocenters. The molecular formula is C28H28ClF3N2O6. The molecule has 0 radical (unpaired) electrons. The Kier molecular flexibility index (Phi) is 8.28. The van der Waals surface area contributed by atoms with E-state index in [1.165, 1.54) is 12.0 Å². The molecule has 5 rings (SSSR count). The number of amides is 2. The molecule has 2 amide bonds. The predicted molar refractivity (Wildman–Crippen MR) is 138 cm³/mol. The second kappa shape index (κ2) is 11.2. The van der Waals surface area contributed by atoms with Crippen LogP contribution in [-0.2, 0) is 23.9 Å². The fraction of sp³-hybridized carbons (Fsp3) is 0.429. The number of esters is 1. The normalized spacial score (nSPS) is 26.1. The lowest BCUT2D eigenvalue weighted by Crippen LogP contribution is -2.59. The average Bonchev–Trinajstić information content (AvgIpc) is 3.38. The lowest BCUT2D eigenvalue weighted by molar-refractivity contribution is -0.192. The van der Waals surface area contributed by atoms with Crippen LogP contribution >= 0.6 is 11.6 Å². The number of hydrogen-bond donors (Lipinski definition) is 1. The van der Waals surface area contributed by atoms with Crippen LogP contribution in [0.25, 0.3) is 11.1 Å². The second-order valence-electron chi connectivity index (χ2n) is 9.87. The SMILES string of the molecule is CCN1C(=O)C2C(c3ccc(-c4cccc(Cl)c4)cc3)N3CCCC[C@@]3(C(=O)OC)C2C1=O.O=C(O)C(F)(F)F. The molecule has 2 aromatic rings. The van der Waals surface area contributed by atoms with Crippen molar-refractivity contribution < 1.29 is 42.2 Å². The Morgan fingerprint density at radius 1 is 1.07 bits per heavy atom. The van der Waals surface area contributed by atoms with Gasteiger partial charge in [0.15, 0.2) is 0 Å². The number of alkyl halides is 3. The molecule has 3 fully saturated rings. The maximum absolute atomic E-state index is 13.4. The molecule has 0 aromatic heterocycles. The van der Waals surface area contributed by atoms with Crippen molar-refractivity contribution in [2.45, 2.75) is 43.9 Å². The van der Waals surface area contributed by atoms with E-state index in [2.05, 4.69) is 4.90 Å². The first-order valence-electron chi connectivity index (χ1n) is 12.7. The summed E-state index contributed by atoms with van der Waals surface area (Å²) in [5, 5.41) is 7.79. The molecule has 0 aliphatic carbocycles. The first-order chi connectivity index (χ1) is 18.9. The Bertz CT molecular complexity index is 1320. The highest BCUT2D eigenvalue weighted by Gasteiger charge is 2.72. The zero-order valence-electron chi connectivity index (χ0n) is 21.8. The number of piperidine rings is 1. The molecule has 3 saturated heterocycles. The molecule has 214 valence electrons. The summed E-state index contributed by atoms with van der Waals surface area (Å²) in [4.78, 5) is 52.4. The van der Waals surface area contributed by atoms with Gasteiger partial charge in [-0.15, -0.1) is 0 Å². The van der Waals surface area contributed by atoms with Gasteiger partial charge in [-0.2, -0.15) is 13.2 Å². The van der Waals surface area contributed by atoms with Crippen LogP contribution in [0.1, 0.15) is 37.8 Å². The monoisotopic (exact) mass is 580 g/mol. The van der Waals surface area contributed by atoms with Gasteiger partial charge >= 0.3 is 18.1 Å². The smallest absolute Gasteiger partial charge is 0.475 e. The number of imide groups is 1.